The minimum atomic E-state index is -0.843. The predicted octanol–water partition coefficient (Wildman–Crippen LogP) is 27.4. The highest BCUT2D eigenvalue weighted by atomic mass is 16.5. The Kier molecular flexibility index (Phi) is 77.8. The van der Waals surface area contributed by atoms with Crippen LogP contribution in [-0.4, -0.2) is 47.4 Å². The van der Waals surface area contributed by atoms with Gasteiger partial charge in [0, 0.05) is 12.8 Å². The maximum Gasteiger partial charge on any atom is 0.305 e. The number of rotatable bonds is 78. The van der Waals surface area contributed by atoms with E-state index in [1.165, 1.54) is 385 Å². The Labute approximate surface area is 564 Å². The molecule has 0 saturated carbocycles. The molecule has 0 aliphatic carbocycles. The Bertz CT molecular complexity index is 1460. The van der Waals surface area contributed by atoms with Gasteiger partial charge in [-0.1, -0.05) is 423 Å². The van der Waals surface area contributed by atoms with Gasteiger partial charge in [0.1, 0.15) is 0 Å². The van der Waals surface area contributed by atoms with E-state index in [9.17, 15) is 19.8 Å². The summed E-state index contributed by atoms with van der Waals surface area (Å²) in [4.78, 5) is 24.6. The molecule has 0 radical (unpaired) electrons. The molecule has 1 amide bonds. The fourth-order valence-corrected chi connectivity index (χ4v) is 13.1. The second kappa shape index (κ2) is 79.5. The Hall–Kier alpha value is -1.92. The molecule has 0 fully saturated rings. The number of carbonyl (C=O) groups excluding carboxylic acids is 2. The third kappa shape index (κ3) is 75.1. The SMILES string of the molecule is CCCCC/C=C\C/C=C\CCCCCCCC(=O)OCCCCCCCCCCCCCCCCCCCCCCCCCCCCCCCCCCCC(=O)NC(CO)C(O)/C=C/CCCCCCCCCCCCCCCCCCCCCCCCC. The monoisotopic (exact) mass is 1260 g/mol. The van der Waals surface area contributed by atoms with Crippen LogP contribution in [0, 0.1) is 0 Å². The summed E-state index contributed by atoms with van der Waals surface area (Å²) in [5.41, 5.74) is 0. The third-order valence-electron chi connectivity index (χ3n) is 19.4. The van der Waals surface area contributed by atoms with Crippen LogP contribution in [0.5, 0.6) is 0 Å². The van der Waals surface area contributed by atoms with Gasteiger partial charge >= 0.3 is 5.97 Å². The van der Waals surface area contributed by atoms with E-state index in [1.54, 1.807) is 6.08 Å². The Morgan fingerprint density at radius 2 is 0.556 bits per heavy atom. The second-order valence-corrected chi connectivity index (χ2v) is 28.5. The molecule has 90 heavy (non-hydrogen) atoms. The highest BCUT2D eigenvalue weighted by molar-refractivity contribution is 5.76. The number of amides is 1. The number of aliphatic hydroxyl groups is 2. The van der Waals surface area contributed by atoms with Crippen LogP contribution in [0.15, 0.2) is 36.5 Å². The molecule has 6 nitrogen and oxygen atoms in total. The van der Waals surface area contributed by atoms with E-state index in [0.717, 1.165) is 51.4 Å². The highest BCUT2D eigenvalue weighted by Crippen LogP contribution is 2.20. The van der Waals surface area contributed by atoms with E-state index in [-0.39, 0.29) is 18.5 Å². The average Bonchev–Trinajstić information content (AvgIpc) is 3.61. The molecule has 0 aliphatic heterocycles. The molecule has 2 unspecified atom stereocenters. The second-order valence-electron chi connectivity index (χ2n) is 28.5. The van der Waals surface area contributed by atoms with Gasteiger partial charge in [0.15, 0.2) is 0 Å². The van der Waals surface area contributed by atoms with Crippen LogP contribution in [-0.2, 0) is 14.3 Å². The number of ether oxygens (including phenoxy) is 1. The number of hydrogen-bond donors (Lipinski definition) is 3. The van der Waals surface area contributed by atoms with E-state index in [1.807, 2.05) is 6.08 Å². The van der Waals surface area contributed by atoms with Gasteiger partial charge in [-0.3, -0.25) is 9.59 Å². The number of hydrogen-bond acceptors (Lipinski definition) is 5. The molecule has 6 heteroatoms. The average molecular weight is 1270 g/mol. The molecule has 3 N–H and O–H groups in total. The van der Waals surface area contributed by atoms with E-state index in [0.29, 0.717) is 19.4 Å². The Morgan fingerprint density at radius 1 is 0.311 bits per heavy atom. The molecule has 0 spiro atoms. The van der Waals surface area contributed by atoms with Gasteiger partial charge in [0.05, 0.1) is 25.4 Å². The zero-order valence-electron chi connectivity index (χ0n) is 61.1. The van der Waals surface area contributed by atoms with Crippen molar-refractivity contribution < 1.29 is 24.5 Å². The van der Waals surface area contributed by atoms with Gasteiger partial charge < -0.3 is 20.3 Å². The van der Waals surface area contributed by atoms with Crippen molar-refractivity contribution in [2.24, 2.45) is 0 Å². The fraction of sp³-hybridized carbons (Fsp3) is 0.905. The van der Waals surface area contributed by atoms with Crippen LogP contribution >= 0.6 is 0 Å². The van der Waals surface area contributed by atoms with Crippen molar-refractivity contribution in [2.45, 2.75) is 475 Å². The fourth-order valence-electron chi connectivity index (χ4n) is 13.1. The lowest BCUT2D eigenvalue weighted by molar-refractivity contribution is -0.143. The summed E-state index contributed by atoms with van der Waals surface area (Å²) < 4.78 is 5.50. The van der Waals surface area contributed by atoms with Crippen LogP contribution < -0.4 is 5.32 Å². The molecule has 0 aliphatic rings. The van der Waals surface area contributed by atoms with Crippen LogP contribution in [0.25, 0.3) is 0 Å². The Balaban J connectivity index is 3.35. The first-order chi connectivity index (χ1) is 44.5. The molecule has 0 aromatic carbocycles. The Morgan fingerprint density at radius 3 is 0.867 bits per heavy atom. The van der Waals surface area contributed by atoms with Gasteiger partial charge in [0.25, 0.3) is 0 Å². The number of allylic oxidation sites excluding steroid dienone is 5. The van der Waals surface area contributed by atoms with Gasteiger partial charge in [-0.2, -0.15) is 0 Å². The lowest BCUT2D eigenvalue weighted by atomic mass is 10.0. The van der Waals surface area contributed by atoms with Crippen molar-refractivity contribution >= 4 is 11.9 Å². The van der Waals surface area contributed by atoms with E-state index < -0.39 is 12.1 Å². The van der Waals surface area contributed by atoms with Crippen LogP contribution in [0.1, 0.15) is 463 Å². The summed E-state index contributed by atoms with van der Waals surface area (Å²) >= 11 is 0. The van der Waals surface area contributed by atoms with Crippen molar-refractivity contribution in [3.8, 4) is 0 Å². The first kappa shape index (κ1) is 88.1. The summed E-state index contributed by atoms with van der Waals surface area (Å²) in [7, 11) is 0. The zero-order valence-corrected chi connectivity index (χ0v) is 61.1. The number of esters is 1. The normalized spacial score (nSPS) is 12.6. The van der Waals surface area contributed by atoms with Crippen LogP contribution in [0.3, 0.4) is 0 Å². The summed E-state index contributed by atoms with van der Waals surface area (Å²) in [6.45, 7) is 4.92. The van der Waals surface area contributed by atoms with Gasteiger partial charge in [-0.05, 0) is 64.2 Å². The molecule has 2 atom stereocenters. The summed E-state index contributed by atoms with van der Waals surface area (Å²) in [6.07, 6.45) is 104. The van der Waals surface area contributed by atoms with E-state index >= 15 is 0 Å². The molecular formula is C84H161NO5. The number of nitrogens with one attached hydrogen (secondary N) is 1. The topological polar surface area (TPSA) is 95.9 Å². The summed E-state index contributed by atoms with van der Waals surface area (Å²) in [6, 6.07) is -0.626. The van der Waals surface area contributed by atoms with Crippen molar-refractivity contribution in [3.63, 3.8) is 0 Å². The molecule has 0 bridgehead atoms. The quantitative estimate of drug-likeness (QED) is 0.0320. The molecule has 0 saturated heterocycles. The van der Waals surface area contributed by atoms with Gasteiger partial charge in [-0.25, -0.2) is 0 Å². The molecular weight excluding hydrogens is 1100 g/mol. The van der Waals surface area contributed by atoms with Gasteiger partial charge in [0.2, 0.25) is 5.91 Å². The lowest BCUT2D eigenvalue weighted by Gasteiger charge is -2.20. The standard InChI is InChI=1S/C84H161NO5/c1-3-5-7-9-11-13-15-17-19-20-21-22-23-33-36-39-42-45-49-52-56-60-64-68-72-76-82(87)81(80-86)85-83(88)77-73-69-65-61-57-53-50-46-43-40-37-34-31-29-27-25-24-26-28-30-32-35-38-41-44-47-51-55-59-63-67-71-75-79-90-84(89)78-74-70-66-62-58-54-48-18-16-14-12-10-8-6-4-2/h12,14,18,48,72,76,81-82,86-87H,3-11,13,15-17,19-47,49-71,73-75,77-80H2,1-2H3,(H,85,88)/b14-12-,48-18-,76-72+. The maximum absolute atomic E-state index is 12.6. The maximum atomic E-state index is 12.6. The third-order valence-corrected chi connectivity index (χ3v) is 19.4. The molecule has 0 rings (SSSR count). The van der Waals surface area contributed by atoms with Crippen LogP contribution in [0.2, 0.25) is 0 Å². The smallest absolute Gasteiger partial charge is 0.305 e. The van der Waals surface area contributed by atoms with Crippen LogP contribution in [0.4, 0.5) is 0 Å². The minimum Gasteiger partial charge on any atom is -0.466 e. The van der Waals surface area contributed by atoms with Crippen molar-refractivity contribution in [3.05, 3.63) is 36.5 Å². The number of unbranched alkanes of at least 4 members (excludes halogenated alkanes) is 63. The van der Waals surface area contributed by atoms with Crippen molar-refractivity contribution in [1.82, 2.24) is 5.32 Å². The summed E-state index contributed by atoms with van der Waals surface area (Å²) in [5.74, 6) is -0.0497. The predicted molar refractivity (Wildman–Crippen MR) is 398 cm³/mol. The zero-order chi connectivity index (χ0) is 64.9. The van der Waals surface area contributed by atoms with Gasteiger partial charge in [-0.15, -0.1) is 0 Å². The molecule has 0 aromatic heterocycles. The highest BCUT2D eigenvalue weighted by Gasteiger charge is 2.18. The largest absolute Gasteiger partial charge is 0.466 e. The summed E-state index contributed by atoms with van der Waals surface area (Å²) in [5, 5.41) is 23.3. The molecule has 0 heterocycles. The molecule has 0 aromatic rings. The number of carbonyl (C=O) groups is 2. The minimum absolute atomic E-state index is 0.00817. The lowest BCUT2D eigenvalue weighted by Crippen LogP contribution is -2.45. The van der Waals surface area contributed by atoms with E-state index in [4.69, 9.17) is 4.74 Å². The number of aliphatic hydroxyl groups excluding tert-OH is 2. The van der Waals surface area contributed by atoms with E-state index in [2.05, 4.69) is 43.5 Å². The molecule has 532 valence electrons. The van der Waals surface area contributed by atoms with Crippen molar-refractivity contribution in [2.75, 3.05) is 13.2 Å². The van der Waals surface area contributed by atoms with Crippen molar-refractivity contribution in [1.29, 1.82) is 0 Å². The first-order valence-corrected chi connectivity index (χ1v) is 41.3. The first-order valence-electron chi connectivity index (χ1n) is 41.3.